The minimum Gasteiger partial charge on any atom is -0.454 e. The fourth-order valence-electron chi connectivity index (χ4n) is 1.75. The lowest BCUT2D eigenvalue weighted by Crippen LogP contribution is -2.02. The van der Waals surface area contributed by atoms with Gasteiger partial charge in [0.2, 0.25) is 6.79 Å². The van der Waals surface area contributed by atoms with Crippen LogP contribution < -0.4 is 9.47 Å². The first-order valence-electron chi connectivity index (χ1n) is 5.18. The van der Waals surface area contributed by atoms with Gasteiger partial charge < -0.3 is 14.0 Å². The second-order valence-corrected chi connectivity index (χ2v) is 3.96. The maximum atomic E-state index is 5.77. The predicted octanol–water partition coefficient (Wildman–Crippen LogP) is 1.79. The molecule has 1 aliphatic heterocycles. The molecule has 0 amide bonds. The van der Waals surface area contributed by atoms with E-state index < -0.39 is 0 Å². The topological polar surface area (TPSA) is 49.2 Å². The first kappa shape index (κ1) is 10.4. The van der Waals surface area contributed by atoms with Crippen LogP contribution in [-0.4, -0.2) is 21.6 Å². The molecule has 17 heavy (non-hydrogen) atoms. The molecule has 2 heterocycles. The maximum absolute atomic E-state index is 5.77. The lowest BCUT2D eigenvalue weighted by Gasteiger charge is -2.05. The Kier molecular flexibility index (Phi) is 2.60. The Labute approximate surface area is 103 Å². The van der Waals surface area contributed by atoms with E-state index in [1.165, 1.54) is 0 Å². The quantitative estimate of drug-likeness (QED) is 0.781. The third-order valence-electron chi connectivity index (χ3n) is 2.61. The summed E-state index contributed by atoms with van der Waals surface area (Å²) in [7, 11) is 0. The summed E-state index contributed by atoms with van der Waals surface area (Å²) < 4.78 is 12.5. The van der Waals surface area contributed by atoms with Gasteiger partial charge in [0.25, 0.3) is 0 Å². The number of benzene rings is 1. The van der Waals surface area contributed by atoms with E-state index in [0.29, 0.717) is 19.2 Å². The van der Waals surface area contributed by atoms with E-state index in [-0.39, 0.29) is 0 Å². The Morgan fingerprint density at radius 1 is 1.29 bits per heavy atom. The van der Waals surface area contributed by atoms with Gasteiger partial charge in [-0.2, -0.15) is 0 Å². The van der Waals surface area contributed by atoms with Gasteiger partial charge >= 0.3 is 0 Å². The van der Waals surface area contributed by atoms with Crippen LogP contribution in [0.5, 0.6) is 11.5 Å². The fourth-order valence-corrected chi connectivity index (χ4v) is 1.96. The van der Waals surface area contributed by atoms with Gasteiger partial charge in [0.15, 0.2) is 11.5 Å². The monoisotopic (exact) mass is 251 g/mol. The second-order valence-electron chi connectivity index (χ2n) is 3.70. The molecule has 88 valence electrons. The van der Waals surface area contributed by atoms with Crippen LogP contribution in [0.2, 0.25) is 0 Å². The van der Waals surface area contributed by atoms with Crippen molar-refractivity contribution in [1.29, 1.82) is 0 Å². The third-order valence-corrected chi connectivity index (χ3v) is 2.84. The molecular formula is C11H10ClN3O2. The van der Waals surface area contributed by atoms with Crippen molar-refractivity contribution in [3.05, 3.63) is 35.9 Å². The van der Waals surface area contributed by atoms with Crippen molar-refractivity contribution in [3.8, 4) is 11.5 Å². The number of hydrogen-bond donors (Lipinski definition) is 0. The van der Waals surface area contributed by atoms with Gasteiger partial charge in [0.1, 0.15) is 12.2 Å². The summed E-state index contributed by atoms with van der Waals surface area (Å²) in [5.41, 5.74) is 1.10. The van der Waals surface area contributed by atoms with E-state index in [1.807, 2.05) is 22.8 Å². The average molecular weight is 252 g/mol. The third kappa shape index (κ3) is 1.93. The standard InChI is InChI=1S/C11H10ClN3O2/c12-4-11-14-13-6-15(11)5-8-1-2-9-10(3-8)17-7-16-9/h1-3,6H,4-5,7H2. The summed E-state index contributed by atoms with van der Waals surface area (Å²) in [4.78, 5) is 0. The predicted molar refractivity (Wildman–Crippen MR) is 61.2 cm³/mol. The van der Waals surface area contributed by atoms with Crippen molar-refractivity contribution in [2.75, 3.05) is 6.79 Å². The number of aromatic nitrogens is 3. The van der Waals surface area contributed by atoms with Crippen molar-refractivity contribution in [2.24, 2.45) is 0 Å². The molecule has 1 aromatic heterocycles. The van der Waals surface area contributed by atoms with E-state index in [0.717, 1.165) is 22.9 Å². The molecule has 0 saturated carbocycles. The first-order valence-corrected chi connectivity index (χ1v) is 5.71. The van der Waals surface area contributed by atoms with Gasteiger partial charge in [-0.15, -0.1) is 21.8 Å². The minimum atomic E-state index is 0.290. The first-order chi connectivity index (χ1) is 8.36. The molecular weight excluding hydrogens is 242 g/mol. The Hall–Kier alpha value is -1.75. The molecule has 6 heteroatoms. The second kappa shape index (κ2) is 4.25. The Balaban J connectivity index is 1.86. The normalized spacial score (nSPS) is 13.0. The lowest BCUT2D eigenvalue weighted by molar-refractivity contribution is 0.174. The zero-order valence-corrected chi connectivity index (χ0v) is 9.72. The SMILES string of the molecule is ClCc1nncn1Cc1ccc2c(c1)OCO2. The van der Waals surface area contributed by atoms with E-state index in [9.17, 15) is 0 Å². The molecule has 0 N–H and O–H groups in total. The minimum absolute atomic E-state index is 0.290. The van der Waals surface area contributed by atoms with E-state index in [4.69, 9.17) is 21.1 Å². The van der Waals surface area contributed by atoms with Gasteiger partial charge in [-0.1, -0.05) is 6.07 Å². The van der Waals surface area contributed by atoms with Crippen LogP contribution in [0.15, 0.2) is 24.5 Å². The van der Waals surface area contributed by atoms with Crippen molar-refractivity contribution in [3.63, 3.8) is 0 Å². The van der Waals surface area contributed by atoms with Gasteiger partial charge in [0, 0.05) is 0 Å². The Bertz CT molecular complexity index is 541. The van der Waals surface area contributed by atoms with Gasteiger partial charge in [-0.05, 0) is 17.7 Å². The molecule has 1 aromatic carbocycles. The molecule has 0 aliphatic carbocycles. The van der Waals surface area contributed by atoms with Gasteiger partial charge in [-0.3, -0.25) is 0 Å². The molecule has 2 aromatic rings. The van der Waals surface area contributed by atoms with Crippen LogP contribution in [0.4, 0.5) is 0 Å². The molecule has 0 radical (unpaired) electrons. The molecule has 3 rings (SSSR count). The van der Waals surface area contributed by atoms with Crippen molar-refractivity contribution < 1.29 is 9.47 Å². The molecule has 5 nitrogen and oxygen atoms in total. The Morgan fingerprint density at radius 3 is 3.06 bits per heavy atom. The Morgan fingerprint density at radius 2 is 2.18 bits per heavy atom. The maximum Gasteiger partial charge on any atom is 0.231 e. The highest BCUT2D eigenvalue weighted by molar-refractivity contribution is 6.16. The van der Waals surface area contributed by atoms with Crippen LogP contribution in [0.3, 0.4) is 0 Å². The largest absolute Gasteiger partial charge is 0.454 e. The van der Waals surface area contributed by atoms with Gasteiger partial charge in [0.05, 0.1) is 12.4 Å². The zero-order chi connectivity index (χ0) is 11.7. The number of nitrogens with zero attached hydrogens (tertiary/aromatic N) is 3. The van der Waals surface area contributed by atoms with Crippen molar-refractivity contribution in [1.82, 2.24) is 14.8 Å². The van der Waals surface area contributed by atoms with Crippen molar-refractivity contribution >= 4 is 11.6 Å². The number of rotatable bonds is 3. The van der Waals surface area contributed by atoms with E-state index in [2.05, 4.69) is 10.2 Å². The molecule has 0 fully saturated rings. The highest BCUT2D eigenvalue weighted by atomic mass is 35.5. The van der Waals surface area contributed by atoms with Crippen LogP contribution >= 0.6 is 11.6 Å². The molecule has 0 unspecified atom stereocenters. The molecule has 0 atom stereocenters. The molecule has 0 saturated heterocycles. The van der Waals surface area contributed by atoms with Crippen LogP contribution in [0, 0.1) is 0 Å². The van der Waals surface area contributed by atoms with Gasteiger partial charge in [-0.25, -0.2) is 0 Å². The number of alkyl halides is 1. The fraction of sp³-hybridized carbons (Fsp3) is 0.273. The summed E-state index contributed by atoms with van der Waals surface area (Å²) in [5, 5.41) is 7.76. The lowest BCUT2D eigenvalue weighted by atomic mass is 10.2. The summed E-state index contributed by atoms with van der Waals surface area (Å²) in [6, 6.07) is 5.86. The van der Waals surface area contributed by atoms with Crippen LogP contribution in [0.1, 0.15) is 11.4 Å². The molecule has 0 spiro atoms. The zero-order valence-electron chi connectivity index (χ0n) is 8.97. The van der Waals surface area contributed by atoms with E-state index in [1.54, 1.807) is 6.33 Å². The number of halogens is 1. The van der Waals surface area contributed by atoms with Crippen molar-refractivity contribution in [2.45, 2.75) is 12.4 Å². The van der Waals surface area contributed by atoms with E-state index >= 15 is 0 Å². The highest BCUT2D eigenvalue weighted by Gasteiger charge is 2.13. The molecule has 1 aliphatic rings. The summed E-state index contributed by atoms with van der Waals surface area (Å²) in [6.07, 6.45) is 1.67. The summed E-state index contributed by atoms with van der Waals surface area (Å²) >= 11 is 5.77. The summed E-state index contributed by atoms with van der Waals surface area (Å²) in [6.45, 7) is 0.962. The smallest absolute Gasteiger partial charge is 0.231 e. The number of ether oxygens (including phenoxy) is 2. The number of fused-ring (bicyclic) bond motifs is 1. The summed E-state index contributed by atoms with van der Waals surface area (Å²) in [5.74, 6) is 2.67. The van der Waals surface area contributed by atoms with Crippen LogP contribution in [0.25, 0.3) is 0 Å². The van der Waals surface area contributed by atoms with Crippen LogP contribution in [-0.2, 0) is 12.4 Å². The molecule has 0 bridgehead atoms. The highest BCUT2D eigenvalue weighted by Crippen LogP contribution is 2.32. The number of hydrogen-bond acceptors (Lipinski definition) is 4. The average Bonchev–Trinajstić information content (AvgIpc) is 2.96.